The number of hydrogen-bond acceptors (Lipinski definition) is 3. The summed E-state index contributed by atoms with van der Waals surface area (Å²) in [5, 5.41) is 12.0. The minimum atomic E-state index is -0.716. The first-order valence-corrected chi connectivity index (χ1v) is 7.92. The Hall–Kier alpha value is -1.30. The molecule has 6 heteroatoms. The van der Waals surface area contributed by atoms with E-state index < -0.39 is 5.97 Å². The van der Waals surface area contributed by atoms with Gasteiger partial charge in [0.25, 0.3) is 0 Å². The summed E-state index contributed by atoms with van der Waals surface area (Å²) < 4.78 is 5.64. The maximum atomic E-state index is 12.1. The van der Waals surface area contributed by atoms with Gasteiger partial charge in [0.2, 0.25) is 0 Å². The highest BCUT2D eigenvalue weighted by molar-refractivity contribution is 5.74. The number of urea groups is 1. The number of carbonyl (C=O) groups is 2. The van der Waals surface area contributed by atoms with Crippen molar-refractivity contribution in [3.8, 4) is 0 Å². The summed E-state index contributed by atoms with van der Waals surface area (Å²) in [5.41, 5.74) is 0. The number of rotatable bonds is 4. The third-order valence-corrected chi connectivity index (χ3v) is 4.50. The van der Waals surface area contributed by atoms with Crippen LogP contribution in [0.2, 0.25) is 0 Å². The summed E-state index contributed by atoms with van der Waals surface area (Å²) >= 11 is 0. The number of hydrogen-bond donors (Lipinski definition) is 2. The van der Waals surface area contributed by atoms with Gasteiger partial charge in [-0.25, -0.2) is 4.79 Å². The molecule has 1 unspecified atom stereocenters. The predicted molar refractivity (Wildman–Crippen MR) is 78.1 cm³/mol. The van der Waals surface area contributed by atoms with Crippen molar-refractivity contribution in [1.82, 2.24) is 10.2 Å². The number of nitrogens with one attached hydrogen (secondary N) is 1. The van der Waals surface area contributed by atoms with Crippen LogP contribution in [-0.4, -0.2) is 54.4 Å². The molecule has 2 N–H and O–H groups in total. The van der Waals surface area contributed by atoms with Crippen LogP contribution in [0.5, 0.6) is 0 Å². The Morgan fingerprint density at radius 3 is 2.48 bits per heavy atom. The number of likely N-dealkylation sites (N-methyl/N-ethyl adjacent to an activating group) is 1. The zero-order valence-electron chi connectivity index (χ0n) is 12.7. The Labute approximate surface area is 125 Å². The fraction of sp³-hybridized carbons (Fsp3) is 0.867. The van der Waals surface area contributed by atoms with Gasteiger partial charge in [0.15, 0.2) is 0 Å². The molecule has 21 heavy (non-hydrogen) atoms. The van der Waals surface area contributed by atoms with Crippen molar-refractivity contribution in [3.63, 3.8) is 0 Å². The molecule has 1 saturated carbocycles. The molecule has 0 aromatic heterocycles. The summed E-state index contributed by atoms with van der Waals surface area (Å²) in [6.07, 6.45) is 6.23. The molecular weight excluding hydrogens is 272 g/mol. The normalized spacial score (nSPS) is 29.7. The second kappa shape index (κ2) is 7.64. The molecule has 0 bridgehead atoms. The molecule has 1 saturated heterocycles. The van der Waals surface area contributed by atoms with Gasteiger partial charge in [0.05, 0.1) is 12.0 Å². The molecule has 2 rings (SSSR count). The SMILES string of the molecule is CN(CC1CCCCO1)C(=O)NC1CCC(C(=O)O)CC1. The van der Waals surface area contributed by atoms with Crippen LogP contribution in [0.4, 0.5) is 4.79 Å². The topological polar surface area (TPSA) is 78.9 Å². The maximum absolute atomic E-state index is 12.1. The summed E-state index contributed by atoms with van der Waals surface area (Å²) in [4.78, 5) is 24.7. The van der Waals surface area contributed by atoms with E-state index in [0.717, 1.165) is 32.3 Å². The van der Waals surface area contributed by atoms with E-state index in [4.69, 9.17) is 9.84 Å². The zero-order valence-corrected chi connectivity index (χ0v) is 12.7. The van der Waals surface area contributed by atoms with Crippen molar-refractivity contribution in [2.75, 3.05) is 20.2 Å². The molecular formula is C15H26N2O4. The van der Waals surface area contributed by atoms with Gasteiger partial charge in [-0.3, -0.25) is 4.79 Å². The van der Waals surface area contributed by atoms with Crippen LogP contribution in [0.1, 0.15) is 44.9 Å². The molecule has 2 fully saturated rings. The third kappa shape index (κ3) is 4.88. The van der Waals surface area contributed by atoms with Gasteiger partial charge in [-0.05, 0) is 44.9 Å². The van der Waals surface area contributed by atoms with Crippen molar-refractivity contribution in [2.45, 2.75) is 57.1 Å². The van der Waals surface area contributed by atoms with Crippen molar-refractivity contribution in [2.24, 2.45) is 5.92 Å². The molecule has 1 atom stereocenters. The fourth-order valence-electron chi connectivity index (χ4n) is 3.11. The standard InChI is InChI=1S/C15H26N2O4/c1-17(10-13-4-2-3-9-21-13)15(20)16-12-7-5-11(6-8-12)14(18)19/h11-13H,2-10H2,1H3,(H,16,20)(H,18,19). The van der Waals surface area contributed by atoms with E-state index >= 15 is 0 Å². The Kier molecular flexibility index (Phi) is 5.85. The molecule has 1 heterocycles. The molecule has 0 spiro atoms. The van der Waals surface area contributed by atoms with E-state index in [1.54, 1.807) is 11.9 Å². The number of amides is 2. The minimum absolute atomic E-state index is 0.0806. The van der Waals surface area contributed by atoms with Gasteiger partial charge >= 0.3 is 12.0 Å². The van der Waals surface area contributed by atoms with Crippen molar-refractivity contribution in [3.05, 3.63) is 0 Å². The smallest absolute Gasteiger partial charge is 0.317 e. The molecule has 2 aliphatic rings. The van der Waals surface area contributed by atoms with E-state index in [2.05, 4.69) is 5.32 Å². The number of carboxylic acid groups (broad SMARTS) is 1. The summed E-state index contributed by atoms with van der Waals surface area (Å²) in [5.74, 6) is -0.960. The molecule has 1 aliphatic carbocycles. The fourth-order valence-corrected chi connectivity index (χ4v) is 3.11. The van der Waals surface area contributed by atoms with Crippen LogP contribution in [0.15, 0.2) is 0 Å². The first-order chi connectivity index (χ1) is 10.1. The lowest BCUT2D eigenvalue weighted by Crippen LogP contribution is -2.47. The Bertz CT molecular complexity index is 361. The van der Waals surface area contributed by atoms with Crippen LogP contribution in [0.3, 0.4) is 0 Å². The highest BCUT2D eigenvalue weighted by Crippen LogP contribution is 2.24. The predicted octanol–water partition coefficient (Wildman–Crippen LogP) is 1.84. The van der Waals surface area contributed by atoms with E-state index in [1.807, 2.05) is 0 Å². The first-order valence-electron chi connectivity index (χ1n) is 7.92. The molecule has 0 aromatic rings. The molecule has 6 nitrogen and oxygen atoms in total. The monoisotopic (exact) mass is 298 g/mol. The number of aliphatic carboxylic acids is 1. The van der Waals surface area contributed by atoms with E-state index in [0.29, 0.717) is 19.4 Å². The van der Waals surface area contributed by atoms with Gasteiger partial charge in [0.1, 0.15) is 0 Å². The van der Waals surface area contributed by atoms with Crippen molar-refractivity contribution in [1.29, 1.82) is 0 Å². The van der Waals surface area contributed by atoms with Crippen LogP contribution in [0.25, 0.3) is 0 Å². The lowest BCUT2D eigenvalue weighted by Gasteiger charge is -2.31. The van der Waals surface area contributed by atoms with Crippen LogP contribution in [0, 0.1) is 5.92 Å². The number of nitrogens with zero attached hydrogens (tertiary/aromatic N) is 1. The van der Waals surface area contributed by atoms with Crippen LogP contribution >= 0.6 is 0 Å². The summed E-state index contributed by atoms with van der Waals surface area (Å²) in [6, 6.07) is 0.0192. The third-order valence-electron chi connectivity index (χ3n) is 4.50. The van der Waals surface area contributed by atoms with Crippen molar-refractivity contribution >= 4 is 12.0 Å². The minimum Gasteiger partial charge on any atom is -0.481 e. The van der Waals surface area contributed by atoms with Gasteiger partial charge < -0.3 is 20.1 Å². The zero-order chi connectivity index (χ0) is 15.2. The Morgan fingerprint density at radius 1 is 1.19 bits per heavy atom. The molecule has 0 radical (unpaired) electrons. The molecule has 2 amide bonds. The average Bonchev–Trinajstić information content (AvgIpc) is 2.48. The largest absolute Gasteiger partial charge is 0.481 e. The van der Waals surface area contributed by atoms with Gasteiger partial charge in [-0.2, -0.15) is 0 Å². The van der Waals surface area contributed by atoms with E-state index in [1.165, 1.54) is 6.42 Å². The molecule has 120 valence electrons. The molecule has 0 aromatic carbocycles. The molecule has 1 aliphatic heterocycles. The second-order valence-corrected chi connectivity index (χ2v) is 6.21. The summed E-state index contributed by atoms with van der Waals surface area (Å²) in [7, 11) is 1.79. The number of carbonyl (C=O) groups excluding carboxylic acids is 1. The van der Waals surface area contributed by atoms with Crippen molar-refractivity contribution < 1.29 is 19.4 Å². The van der Waals surface area contributed by atoms with Gasteiger partial charge in [-0.1, -0.05) is 0 Å². The second-order valence-electron chi connectivity index (χ2n) is 6.21. The lowest BCUT2D eigenvalue weighted by atomic mass is 9.86. The lowest BCUT2D eigenvalue weighted by molar-refractivity contribution is -0.142. The van der Waals surface area contributed by atoms with E-state index in [9.17, 15) is 9.59 Å². The van der Waals surface area contributed by atoms with E-state index in [-0.39, 0.29) is 24.1 Å². The number of carboxylic acids is 1. The first kappa shape index (κ1) is 16.1. The maximum Gasteiger partial charge on any atom is 0.317 e. The Morgan fingerprint density at radius 2 is 1.90 bits per heavy atom. The number of ether oxygens (including phenoxy) is 1. The van der Waals surface area contributed by atoms with Crippen LogP contribution < -0.4 is 5.32 Å². The quantitative estimate of drug-likeness (QED) is 0.830. The summed E-state index contributed by atoms with van der Waals surface area (Å²) in [6.45, 7) is 1.41. The van der Waals surface area contributed by atoms with Gasteiger partial charge in [-0.15, -0.1) is 0 Å². The van der Waals surface area contributed by atoms with Crippen LogP contribution in [-0.2, 0) is 9.53 Å². The Balaban J connectivity index is 1.70. The highest BCUT2D eigenvalue weighted by Gasteiger charge is 2.27. The average molecular weight is 298 g/mol. The van der Waals surface area contributed by atoms with Gasteiger partial charge in [0, 0.05) is 26.2 Å². The highest BCUT2D eigenvalue weighted by atomic mass is 16.5.